The Balaban J connectivity index is 1.46. The normalized spacial score (nSPS) is 14.8. The number of rotatable bonds is 6. The van der Waals surface area contributed by atoms with Crippen molar-refractivity contribution >= 4 is 33.9 Å². The van der Waals surface area contributed by atoms with Crippen molar-refractivity contribution in [2.45, 2.75) is 13.2 Å². The Bertz CT molecular complexity index is 1100. The van der Waals surface area contributed by atoms with E-state index in [2.05, 4.69) is 21.2 Å². The van der Waals surface area contributed by atoms with Crippen LogP contribution in [0.4, 0.5) is 4.79 Å². The lowest BCUT2D eigenvalue weighted by atomic mass is 10.1. The minimum absolute atomic E-state index is 0.235. The summed E-state index contributed by atoms with van der Waals surface area (Å²) in [4.78, 5) is 26.1. The van der Waals surface area contributed by atoms with E-state index in [1.54, 1.807) is 6.08 Å². The van der Waals surface area contributed by atoms with E-state index in [1.807, 2.05) is 78.9 Å². The summed E-state index contributed by atoms with van der Waals surface area (Å²) >= 11 is 3.52. The van der Waals surface area contributed by atoms with E-state index < -0.39 is 6.03 Å². The van der Waals surface area contributed by atoms with Crippen LogP contribution in [0.15, 0.2) is 89.0 Å². The molecule has 0 spiro atoms. The van der Waals surface area contributed by atoms with E-state index in [9.17, 15) is 9.59 Å². The van der Waals surface area contributed by atoms with Gasteiger partial charge in [-0.25, -0.2) is 4.79 Å². The van der Waals surface area contributed by atoms with Crippen LogP contribution in [-0.4, -0.2) is 16.8 Å². The van der Waals surface area contributed by atoms with Gasteiger partial charge in [0.2, 0.25) is 0 Å². The average Bonchev–Trinajstić information content (AvgIpc) is 3.02. The third-order valence-corrected chi connectivity index (χ3v) is 5.27. The van der Waals surface area contributed by atoms with Gasteiger partial charge in [0.15, 0.2) is 0 Å². The van der Waals surface area contributed by atoms with Gasteiger partial charge in [-0.2, -0.15) is 0 Å². The zero-order chi connectivity index (χ0) is 20.9. The van der Waals surface area contributed by atoms with Crippen LogP contribution in [0.25, 0.3) is 6.08 Å². The molecule has 1 aliphatic rings. The molecule has 3 aromatic rings. The molecule has 1 saturated heterocycles. The topological polar surface area (TPSA) is 58.6 Å². The quantitative estimate of drug-likeness (QED) is 0.408. The van der Waals surface area contributed by atoms with Gasteiger partial charge in [0.1, 0.15) is 18.1 Å². The number of ether oxygens (including phenoxy) is 1. The average molecular weight is 463 g/mol. The van der Waals surface area contributed by atoms with Gasteiger partial charge in [-0.1, -0.05) is 66.7 Å². The maximum Gasteiger partial charge on any atom is 0.329 e. The Hall–Kier alpha value is -3.38. The molecule has 30 heavy (non-hydrogen) atoms. The number of hydrogen-bond donors (Lipinski definition) is 1. The summed E-state index contributed by atoms with van der Waals surface area (Å²) in [6.45, 7) is 0.696. The van der Waals surface area contributed by atoms with E-state index in [1.165, 1.54) is 4.90 Å². The highest BCUT2D eigenvalue weighted by Crippen LogP contribution is 2.28. The highest BCUT2D eigenvalue weighted by atomic mass is 79.9. The lowest BCUT2D eigenvalue weighted by molar-refractivity contribution is -0.123. The number of nitrogens with one attached hydrogen (secondary N) is 1. The molecule has 3 amide bonds. The van der Waals surface area contributed by atoms with E-state index in [0.29, 0.717) is 12.4 Å². The minimum Gasteiger partial charge on any atom is -0.488 e. The monoisotopic (exact) mass is 462 g/mol. The van der Waals surface area contributed by atoms with Crippen molar-refractivity contribution in [3.63, 3.8) is 0 Å². The van der Waals surface area contributed by atoms with Crippen molar-refractivity contribution in [3.05, 3.63) is 106 Å². The van der Waals surface area contributed by atoms with E-state index >= 15 is 0 Å². The van der Waals surface area contributed by atoms with Crippen molar-refractivity contribution in [2.75, 3.05) is 0 Å². The number of imide groups is 1. The van der Waals surface area contributed by atoms with Gasteiger partial charge >= 0.3 is 6.03 Å². The fraction of sp³-hybridized carbons (Fsp3) is 0.0833. The first-order valence-corrected chi connectivity index (χ1v) is 10.2. The number of benzene rings is 3. The molecule has 0 aromatic heterocycles. The van der Waals surface area contributed by atoms with Crippen molar-refractivity contribution in [3.8, 4) is 5.75 Å². The number of halogens is 1. The molecular weight excluding hydrogens is 444 g/mol. The first-order chi connectivity index (χ1) is 14.6. The Morgan fingerprint density at radius 1 is 0.900 bits per heavy atom. The zero-order valence-corrected chi connectivity index (χ0v) is 17.6. The van der Waals surface area contributed by atoms with E-state index in [4.69, 9.17) is 4.74 Å². The molecule has 0 saturated carbocycles. The second-order valence-corrected chi connectivity index (χ2v) is 7.68. The number of amides is 3. The summed E-state index contributed by atoms with van der Waals surface area (Å²) in [5.74, 6) is 0.359. The Labute approximate surface area is 183 Å². The number of nitrogens with zero attached hydrogens (tertiary/aromatic N) is 1. The number of hydrogen-bond acceptors (Lipinski definition) is 3. The molecule has 1 fully saturated rings. The van der Waals surface area contributed by atoms with Gasteiger partial charge in [0.25, 0.3) is 5.91 Å². The fourth-order valence-corrected chi connectivity index (χ4v) is 3.62. The van der Waals surface area contributed by atoms with Gasteiger partial charge in [-0.15, -0.1) is 0 Å². The predicted molar refractivity (Wildman–Crippen MR) is 118 cm³/mol. The summed E-state index contributed by atoms with van der Waals surface area (Å²) in [6, 6.07) is 24.4. The third-order valence-electron chi connectivity index (χ3n) is 4.65. The number of carbonyl (C=O) groups excluding carboxylic acids is 2. The highest BCUT2D eigenvalue weighted by Gasteiger charge is 2.33. The first kappa shape index (κ1) is 19.9. The minimum atomic E-state index is -0.419. The summed E-state index contributed by atoms with van der Waals surface area (Å²) in [7, 11) is 0. The SMILES string of the molecule is O=C1NC(=Cc2ccc(OCc3ccccc3)c(Br)c2)C(=O)N1Cc1ccccc1. The molecule has 0 radical (unpaired) electrons. The molecule has 0 unspecified atom stereocenters. The lowest BCUT2D eigenvalue weighted by Crippen LogP contribution is -2.30. The van der Waals surface area contributed by atoms with Crippen LogP contribution in [0.2, 0.25) is 0 Å². The molecule has 3 aromatic carbocycles. The van der Waals surface area contributed by atoms with Crippen LogP contribution in [-0.2, 0) is 17.9 Å². The Morgan fingerprint density at radius 3 is 2.23 bits per heavy atom. The molecule has 5 nitrogen and oxygen atoms in total. The molecule has 6 heteroatoms. The van der Waals surface area contributed by atoms with Crippen LogP contribution in [0.1, 0.15) is 16.7 Å². The van der Waals surface area contributed by atoms with E-state index in [0.717, 1.165) is 21.2 Å². The van der Waals surface area contributed by atoms with Gasteiger partial charge < -0.3 is 10.1 Å². The summed E-state index contributed by atoms with van der Waals surface area (Å²) in [5.41, 5.74) is 3.00. The molecule has 4 rings (SSSR count). The van der Waals surface area contributed by atoms with Crippen molar-refractivity contribution in [1.82, 2.24) is 10.2 Å². The molecule has 1 heterocycles. The van der Waals surface area contributed by atoms with Crippen LogP contribution >= 0.6 is 15.9 Å². The fourth-order valence-electron chi connectivity index (χ4n) is 3.11. The number of carbonyl (C=O) groups is 2. The van der Waals surface area contributed by atoms with Crippen LogP contribution < -0.4 is 10.1 Å². The van der Waals surface area contributed by atoms with Crippen molar-refractivity contribution < 1.29 is 14.3 Å². The maximum atomic E-state index is 12.7. The maximum absolute atomic E-state index is 12.7. The highest BCUT2D eigenvalue weighted by molar-refractivity contribution is 9.10. The van der Waals surface area contributed by atoms with Crippen LogP contribution in [0, 0.1) is 0 Å². The second kappa shape index (κ2) is 8.97. The standard InChI is InChI=1S/C24H19BrN2O3/c25-20-13-19(11-12-22(20)30-16-18-9-5-2-6-10-18)14-21-23(28)27(24(29)26-21)15-17-7-3-1-4-8-17/h1-14H,15-16H2,(H,26,29). The predicted octanol–water partition coefficient (Wildman–Crippen LogP) is 5.12. The lowest BCUT2D eigenvalue weighted by Gasteiger charge is -2.11. The van der Waals surface area contributed by atoms with Crippen molar-refractivity contribution in [1.29, 1.82) is 0 Å². The molecule has 0 atom stereocenters. The molecule has 0 aliphatic carbocycles. The van der Waals surface area contributed by atoms with Gasteiger partial charge in [0, 0.05) is 0 Å². The molecule has 0 bridgehead atoms. The Kier molecular flexibility index (Phi) is 5.95. The van der Waals surface area contributed by atoms with Gasteiger partial charge in [0.05, 0.1) is 11.0 Å². The number of urea groups is 1. The van der Waals surface area contributed by atoms with Gasteiger partial charge in [-0.05, 0) is 50.8 Å². The summed E-state index contributed by atoms with van der Waals surface area (Å²) in [6.07, 6.45) is 1.66. The third kappa shape index (κ3) is 4.60. The van der Waals surface area contributed by atoms with E-state index in [-0.39, 0.29) is 18.1 Å². The smallest absolute Gasteiger partial charge is 0.329 e. The molecule has 1 aliphatic heterocycles. The largest absolute Gasteiger partial charge is 0.488 e. The zero-order valence-electron chi connectivity index (χ0n) is 16.0. The summed E-state index contributed by atoms with van der Waals surface area (Å²) < 4.78 is 6.63. The van der Waals surface area contributed by atoms with Crippen LogP contribution in [0.5, 0.6) is 5.75 Å². The van der Waals surface area contributed by atoms with Crippen LogP contribution in [0.3, 0.4) is 0 Å². The Morgan fingerprint density at radius 2 is 1.57 bits per heavy atom. The molecule has 150 valence electrons. The van der Waals surface area contributed by atoms with Crippen molar-refractivity contribution in [2.24, 2.45) is 0 Å². The summed E-state index contributed by atoms with van der Waals surface area (Å²) in [5, 5.41) is 2.66. The molecule has 1 N–H and O–H groups in total. The van der Waals surface area contributed by atoms with Gasteiger partial charge in [-0.3, -0.25) is 9.69 Å². The second-order valence-electron chi connectivity index (χ2n) is 6.83. The molecular formula is C24H19BrN2O3. The first-order valence-electron chi connectivity index (χ1n) is 9.45.